The molecule has 1 aliphatic rings. The van der Waals surface area contributed by atoms with Crippen LogP contribution in [0.1, 0.15) is 70.4 Å². The Bertz CT molecular complexity index is 400. The van der Waals surface area contributed by atoms with E-state index >= 15 is 0 Å². The van der Waals surface area contributed by atoms with E-state index in [2.05, 4.69) is 58.1 Å². The molecular weight excluding hydrogens is 218 g/mol. The van der Waals surface area contributed by atoms with E-state index in [0.717, 1.165) is 5.92 Å². The van der Waals surface area contributed by atoms with Crippen LogP contribution >= 0.6 is 0 Å². The summed E-state index contributed by atoms with van der Waals surface area (Å²) in [6, 6.07) is 7.65. The van der Waals surface area contributed by atoms with E-state index in [4.69, 9.17) is 0 Å². The molecule has 100 valence electrons. The highest BCUT2D eigenvalue weighted by molar-refractivity contribution is 5.55. The summed E-state index contributed by atoms with van der Waals surface area (Å²) in [4.78, 5) is 0. The third-order valence-corrected chi connectivity index (χ3v) is 4.10. The zero-order valence-electron chi connectivity index (χ0n) is 12.5. The number of nitrogens with one attached hydrogen (secondary N) is 1. The first-order chi connectivity index (χ1) is 8.47. The molecule has 1 saturated carbocycles. The van der Waals surface area contributed by atoms with Crippen molar-refractivity contribution in [2.24, 2.45) is 5.92 Å². The predicted molar refractivity (Wildman–Crippen MR) is 80.4 cm³/mol. The number of anilines is 1. The first-order valence-corrected chi connectivity index (χ1v) is 7.37. The maximum Gasteiger partial charge on any atom is 0.0377 e. The fraction of sp³-hybridized carbons (Fsp3) is 0.647. The van der Waals surface area contributed by atoms with E-state index in [1.54, 1.807) is 0 Å². The molecule has 1 nitrogen and oxygen atoms in total. The lowest BCUT2D eigenvalue weighted by molar-refractivity contribution is 0.309. The fourth-order valence-electron chi connectivity index (χ4n) is 2.79. The minimum Gasteiger partial charge on any atom is -0.382 e. The zero-order chi connectivity index (χ0) is 13.3. The average Bonchev–Trinajstić information content (AvgIpc) is 2.26. The van der Waals surface area contributed by atoms with Gasteiger partial charge >= 0.3 is 0 Å². The molecule has 0 unspecified atom stereocenters. The molecule has 2 rings (SSSR count). The average molecular weight is 245 g/mol. The van der Waals surface area contributed by atoms with E-state index in [1.165, 1.54) is 29.7 Å². The molecule has 0 saturated heterocycles. The summed E-state index contributed by atoms with van der Waals surface area (Å²) in [7, 11) is 0. The zero-order valence-corrected chi connectivity index (χ0v) is 12.5. The highest BCUT2D eigenvalue weighted by atomic mass is 14.9. The van der Waals surface area contributed by atoms with Crippen molar-refractivity contribution in [3.8, 4) is 0 Å². The molecule has 1 aliphatic carbocycles. The molecule has 0 aliphatic heterocycles. The van der Waals surface area contributed by atoms with Gasteiger partial charge in [-0.05, 0) is 47.8 Å². The summed E-state index contributed by atoms with van der Waals surface area (Å²) in [5.41, 5.74) is 4.28. The van der Waals surface area contributed by atoms with Crippen LogP contribution in [0.25, 0.3) is 0 Å². The normalized spacial score (nSPS) is 23.3. The number of benzene rings is 1. The highest BCUT2D eigenvalue weighted by Crippen LogP contribution is 2.33. The first-order valence-electron chi connectivity index (χ1n) is 7.37. The van der Waals surface area contributed by atoms with Crippen LogP contribution in [-0.2, 0) is 0 Å². The van der Waals surface area contributed by atoms with Crippen LogP contribution in [0.15, 0.2) is 18.2 Å². The highest BCUT2D eigenvalue weighted by Gasteiger charge is 2.25. The molecule has 1 heteroatoms. The van der Waals surface area contributed by atoms with E-state index in [1.807, 2.05) is 0 Å². The first kappa shape index (κ1) is 13.5. The van der Waals surface area contributed by atoms with Crippen molar-refractivity contribution in [3.05, 3.63) is 29.3 Å². The van der Waals surface area contributed by atoms with E-state index in [-0.39, 0.29) is 0 Å². The minimum absolute atomic E-state index is 0.587. The molecule has 0 atom stereocenters. The lowest BCUT2D eigenvalue weighted by atomic mass is 9.81. The SMILES string of the molecule is CC1CC(Nc2ccc(C(C)C)cc2C(C)C)C1. The molecule has 1 fully saturated rings. The smallest absolute Gasteiger partial charge is 0.0377 e. The van der Waals surface area contributed by atoms with Gasteiger partial charge in [-0.3, -0.25) is 0 Å². The monoisotopic (exact) mass is 245 g/mol. The molecule has 18 heavy (non-hydrogen) atoms. The maximum absolute atomic E-state index is 3.72. The topological polar surface area (TPSA) is 12.0 Å². The second-order valence-corrected chi connectivity index (χ2v) is 6.57. The van der Waals surface area contributed by atoms with Gasteiger partial charge in [-0.25, -0.2) is 0 Å². The summed E-state index contributed by atoms with van der Waals surface area (Å²) in [5.74, 6) is 2.10. The van der Waals surface area contributed by atoms with Crippen molar-refractivity contribution in [3.63, 3.8) is 0 Å². The molecule has 0 spiro atoms. The summed E-state index contributed by atoms with van der Waals surface area (Å²) in [5, 5.41) is 3.72. The van der Waals surface area contributed by atoms with Gasteiger partial charge in [0.25, 0.3) is 0 Å². The quantitative estimate of drug-likeness (QED) is 0.774. The Morgan fingerprint density at radius 3 is 2.22 bits per heavy atom. The third-order valence-electron chi connectivity index (χ3n) is 4.10. The molecule has 0 heterocycles. The Labute approximate surface area is 112 Å². The Hall–Kier alpha value is -0.980. The molecule has 0 bridgehead atoms. The van der Waals surface area contributed by atoms with Gasteiger partial charge in [0.05, 0.1) is 0 Å². The summed E-state index contributed by atoms with van der Waals surface area (Å²) < 4.78 is 0. The van der Waals surface area contributed by atoms with E-state index < -0.39 is 0 Å². The van der Waals surface area contributed by atoms with Crippen LogP contribution in [0, 0.1) is 5.92 Å². The van der Waals surface area contributed by atoms with Crippen LogP contribution in [-0.4, -0.2) is 6.04 Å². The maximum atomic E-state index is 3.72. The van der Waals surface area contributed by atoms with Crippen LogP contribution in [0.5, 0.6) is 0 Å². The molecule has 1 N–H and O–H groups in total. The summed E-state index contributed by atoms with van der Waals surface area (Å²) >= 11 is 0. The van der Waals surface area contributed by atoms with E-state index in [9.17, 15) is 0 Å². The molecule has 0 radical (unpaired) electrons. The molecule has 0 aromatic heterocycles. The van der Waals surface area contributed by atoms with Crippen molar-refractivity contribution in [1.82, 2.24) is 0 Å². The van der Waals surface area contributed by atoms with Gasteiger partial charge in [-0.15, -0.1) is 0 Å². The van der Waals surface area contributed by atoms with Crippen LogP contribution in [0.3, 0.4) is 0 Å². The standard InChI is InChI=1S/C17H27N/c1-11(2)14-6-7-17(16(10-14)12(3)4)18-15-8-13(5)9-15/h6-7,10-13,15,18H,8-9H2,1-5H3. The van der Waals surface area contributed by atoms with Crippen LogP contribution < -0.4 is 5.32 Å². The van der Waals surface area contributed by atoms with Gasteiger partial charge in [0.2, 0.25) is 0 Å². The van der Waals surface area contributed by atoms with Gasteiger partial charge in [-0.1, -0.05) is 46.8 Å². The minimum atomic E-state index is 0.587. The van der Waals surface area contributed by atoms with Gasteiger partial charge in [0.15, 0.2) is 0 Å². The number of rotatable bonds is 4. The number of hydrogen-bond acceptors (Lipinski definition) is 1. The van der Waals surface area contributed by atoms with Gasteiger partial charge in [0.1, 0.15) is 0 Å². The Kier molecular flexibility index (Phi) is 3.99. The number of hydrogen-bond donors (Lipinski definition) is 1. The van der Waals surface area contributed by atoms with Crippen molar-refractivity contribution in [1.29, 1.82) is 0 Å². The molecular formula is C17H27N. The van der Waals surface area contributed by atoms with Crippen LogP contribution in [0.4, 0.5) is 5.69 Å². The fourth-order valence-corrected chi connectivity index (χ4v) is 2.79. The largest absolute Gasteiger partial charge is 0.382 e. The van der Waals surface area contributed by atoms with E-state index in [0.29, 0.717) is 17.9 Å². The summed E-state index contributed by atoms with van der Waals surface area (Å²) in [6.07, 6.45) is 2.65. The predicted octanol–water partition coefficient (Wildman–Crippen LogP) is 5.14. The molecule has 1 aromatic rings. The van der Waals surface area contributed by atoms with Gasteiger partial charge < -0.3 is 5.32 Å². The molecule has 0 amide bonds. The van der Waals surface area contributed by atoms with Gasteiger partial charge in [-0.2, -0.15) is 0 Å². The Morgan fingerprint density at radius 1 is 1.06 bits per heavy atom. The third kappa shape index (κ3) is 2.88. The Morgan fingerprint density at radius 2 is 1.72 bits per heavy atom. The lowest BCUT2D eigenvalue weighted by Gasteiger charge is -2.35. The molecule has 1 aromatic carbocycles. The van der Waals surface area contributed by atoms with Crippen LogP contribution in [0.2, 0.25) is 0 Å². The van der Waals surface area contributed by atoms with Crippen molar-refractivity contribution < 1.29 is 0 Å². The lowest BCUT2D eigenvalue weighted by Crippen LogP contribution is -2.34. The summed E-state index contributed by atoms with van der Waals surface area (Å²) in [6.45, 7) is 11.4. The Balaban J connectivity index is 2.18. The second kappa shape index (κ2) is 5.34. The van der Waals surface area contributed by atoms with Crippen molar-refractivity contribution in [2.45, 2.75) is 65.3 Å². The second-order valence-electron chi connectivity index (χ2n) is 6.57. The van der Waals surface area contributed by atoms with Gasteiger partial charge in [0, 0.05) is 11.7 Å². The van der Waals surface area contributed by atoms with Crippen molar-refractivity contribution in [2.75, 3.05) is 5.32 Å². The van der Waals surface area contributed by atoms with Crippen molar-refractivity contribution >= 4 is 5.69 Å².